The number of benzene rings is 1. The van der Waals surface area contributed by atoms with Crippen molar-refractivity contribution < 1.29 is 4.79 Å². The second-order valence-corrected chi connectivity index (χ2v) is 7.28. The third kappa shape index (κ3) is 3.79. The van der Waals surface area contributed by atoms with Crippen LogP contribution in [0.3, 0.4) is 0 Å². The maximum atomic E-state index is 12.8. The number of nitrogens with one attached hydrogen (secondary N) is 1. The SMILES string of the molecule is O=C(c1ccc(Br)cc1Cl)N(CC1CCCCN1)C1CC1. The molecule has 3 rings (SSSR count). The van der Waals surface area contributed by atoms with Gasteiger partial charge in [-0.25, -0.2) is 0 Å². The second kappa shape index (κ2) is 6.67. The molecule has 0 aromatic heterocycles. The normalized spacial score (nSPS) is 22.1. The Morgan fingerprint density at radius 2 is 2.14 bits per heavy atom. The molecule has 21 heavy (non-hydrogen) atoms. The first-order valence-electron chi connectivity index (χ1n) is 7.64. The lowest BCUT2D eigenvalue weighted by atomic mass is 10.0. The third-order valence-electron chi connectivity index (χ3n) is 4.24. The molecular formula is C16H20BrClN2O. The molecule has 1 aliphatic heterocycles. The average Bonchev–Trinajstić information content (AvgIpc) is 3.30. The number of hydrogen-bond donors (Lipinski definition) is 1. The van der Waals surface area contributed by atoms with E-state index < -0.39 is 0 Å². The smallest absolute Gasteiger partial charge is 0.255 e. The van der Waals surface area contributed by atoms with Crippen molar-refractivity contribution >= 4 is 33.4 Å². The Morgan fingerprint density at radius 1 is 1.33 bits per heavy atom. The van der Waals surface area contributed by atoms with Crippen molar-refractivity contribution in [3.05, 3.63) is 33.3 Å². The van der Waals surface area contributed by atoms with Crippen molar-refractivity contribution in [1.29, 1.82) is 0 Å². The number of nitrogens with zero attached hydrogens (tertiary/aromatic N) is 1. The molecule has 114 valence electrons. The van der Waals surface area contributed by atoms with Crippen LogP contribution in [0.1, 0.15) is 42.5 Å². The van der Waals surface area contributed by atoms with E-state index in [1.54, 1.807) is 6.07 Å². The van der Waals surface area contributed by atoms with Crippen LogP contribution < -0.4 is 5.32 Å². The zero-order valence-corrected chi connectivity index (χ0v) is 14.3. The van der Waals surface area contributed by atoms with Gasteiger partial charge in [-0.05, 0) is 50.4 Å². The van der Waals surface area contributed by atoms with Gasteiger partial charge in [0, 0.05) is 23.1 Å². The standard InChI is InChI=1S/C16H20BrClN2O/c17-11-4-7-14(15(18)9-11)16(21)20(13-5-6-13)10-12-3-1-2-8-19-12/h4,7,9,12-13,19H,1-3,5-6,8,10H2. The van der Waals surface area contributed by atoms with Crippen molar-refractivity contribution in [1.82, 2.24) is 10.2 Å². The highest BCUT2D eigenvalue weighted by Gasteiger charge is 2.35. The molecule has 1 saturated heterocycles. The summed E-state index contributed by atoms with van der Waals surface area (Å²) in [7, 11) is 0. The molecule has 1 unspecified atom stereocenters. The Kier molecular flexibility index (Phi) is 4.87. The van der Waals surface area contributed by atoms with Crippen LogP contribution >= 0.6 is 27.5 Å². The maximum absolute atomic E-state index is 12.8. The number of carbonyl (C=O) groups is 1. The van der Waals surface area contributed by atoms with E-state index in [1.807, 2.05) is 17.0 Å². The van der Waals surface area contributed by atoms with E-state index in [9.17, 15) is 4.79 Å². The number of carbonyl (C=O) groups excluding carboxylic acids is 1. The minimum absolute atomic E-state index is 0.0716. The molecule has 5 heteroatoms. The molecule has 1 heterocycles. The third-order valence-corrected chi connectivity index (χ3v) is 5.05. The summed E-state index contributed by atoms with van der Waals surface area (Å²) in [5.41, 5.74) is 0.613. The van der Waals surface area contributed by atoms with E-state index in [2.05, 4.69) is 21.2 Å². The molecule has 1 N–H and O–H groups in total. The lowest BCUT2D eigenvalue weighted by Gasteiger charge is -2.31. The van der Waals surface area contributed by atoms with Crippen molar-refractivity contribution in [3.8, 4) is 0 Å². The van der Waals surface area contributed by atoms with Gasteiger partial charge in [0.15, 0.2) is 0 Å². The largest absolute Gasteiger partial charge is 0.334 e. The van der Waals surface area contributed by atoms with Gasteiger partial charge >= 0.3 is 0 Å². The van der Waals surface area contributed by atoms with Crippen molar-refractivity contribution in [3.63, 3.8) is 0 Å². The molecule has 0 spiro atoms. The van der Waals surface area contributed by atoms with Crippen LogP contribution in [0.25, 0.3) is 0 Å². The van der Waals surface area contributed by atoms with Gasteiger partial charge in [0.1, 0.15) is 0 Å². The van der Waals surface area contributed by atoms with Crippen molar-refractivity contribution in [2.75, 3.05) is 13.1 Å². The predicted molar refractivity (Wildman–Crippen MR) is 88.9 cm³/mol. The molecule has 1 amide bonds. The van der Waals surface area contributed by atoms with Crippen LogP contribution in [-0.2, 0) is 0 Å². The monoisotopic (exact) mass is 370 g/mol. The summed E-state index contributed by atoms with van der Waals surface area (Å²) >= 11 is 9.63. The molecule has 1 saturated carbocycles. The summed E-state index contributed by atoms with van der Waals surface area (Å²) < 4.78 is 0.899. The molecule has 2 fully saturated rings. The van der Waals surface area contributed by atoms with Crippen molar-refractivity contribution in [2.45, 2.75) is 44.2 Å². The Balaban J connectivity index is 1.75. The van der Waals surface area contributed by atoms with E-state index in [-0.39, 0.29) is 5.91 Å². The van der Waals surface area contributed by atoms with Gasteiger partial charge in [-0.2, -0.15) is 0 Å². The van der Waals surface area contributed by atoms with Gasteiger partial charge < -0.3 is 10.2 Å². The fourth-order valence-corrected chi connectivity index (χ4v) is 3.67. The fourth-order valence-electron chi connectivity index (χ4n) is 2.92. The Bertz CT molecular complexity index is 527. The summed E-state index contributed by atoms with van der Waals surface area (Å²) in [5.74, 6) is 0.0716. The lowest BCUT2D eigenvalue weighted by Crippen LogP contribution is -2.46. The maximum Gasteiger partial charge on any atom is 0.255 e. The molecular weight excluding hydrogens is 352 g/mol. The highest BCUT2D eigenvalue weighted by Crippen LogP contribution is 2.31. The van der Waals surface area contributed by atoms with E-state index in [1.165, 1.54) is 12.8 Å². The lowest BCUT2D eigenvalue weighted by molar-refractivity contribution is 0.0718. The minimum atomic E-state index is 0.0716. The first kappa shape index (κ1) is 15.3. The molecule has 1 atom stereocenters. The highest BCUT2D eigenvalue weighted by molar-refractivity contribution is 9.10. The Morgan fingerprint density at radius 3 is 2.76 bits per heavy atom. The summed E-state index contributed by atoms with van der Waals surface area (Å²) in [4.78, 5) is 14.9. The number of amides is 1. The first-order chi connectivity index (χ1) is 10.1. The van der Waals surface area contributed by atoms with Crippen LogP contribution in [0.4, 0.5) is 0 Å². The zero-order valence-electron chi connectivity index (χ0n) is 11.9. The van der Waals surface area contributed by atoms with Gasteiger partial charge in [0.2, 0.25) is 0 Å². The zero-order chi connectivity index (χ0) is 14.8. The van der Waals surface area contributed by atoms with E-state index >= 15 is 0 Å². The van der Waals surface area contributed by atoms with Crippen LogP contribution in [-0.4, -0.2) is 36.0 Å². The summed E-state index contributed by atoms with van der Waals surface area (Å²) in [6, 6.07) is 6.32. The molecule has 1 aromatic carbocycles. The quantitative estimate of drug-likeness (QED) is 0.872. The molecule has 0 radical (unpaired) electrons. The van der Waals surface area contributed by atoms with Crippen LogP contribution in [0.15, 0.2) is 22.7 Å². The topological polar surface area (TPSA) is 32.3 Å². The number of piperidine rings is 1. The van der Waals surface area contributed by atoms with Crippen LogP contribution in [0, 0.1) is 0 Å². The van der Waals surface area contributed by atoms with Gasteiger partial charge in [0.25, 0.3) is 5.91 Å². The predicted octanol–water partition coefficient (Wildman–Crippen LogP) is 3.85. The van der Waals surface area contributed by atoms with E-state index in [0.29, 0.717) is 22.7 Å². The van der Waals surface area contributed by atoms with Crippen molar-refractivity contribution in [2.24, 2.45) is 0 Å². The molecule has 3 nitrogen and oxygen atoms in total. The minimum Gasteiger partial charge on any atom is -0.334 e. The van der Waals surface area contributed by atoms with E-state index in [4.69, 9.17) is 11.6 Å². The molecule has 2 aliphatic rings. The fraction of sp³-hybridized carbons (Fsp3) is 0.562. The van der Waals surface area contributed by atoms with Gasteiger partial charge in [-0.1, -0.05) is 34.0 Å². The average molecular weight is 372 g/mol. The molecule has 0 bridgehead atoms. The van der Waals surface area contributed by atoms with Gasteiger partial charge in [-0.15, -0.1) is 0 Å². The molecule has 1 aliphatic carbocycles. The first-order valence-corrected chi connectivity index (χ1v) is 8.81. The Labute approximate surface area is 139 Å². The summed E-state index contributed by atoms with van der Waals surface area (Å²) in [6.07, 6.45) is 5.89. The van der Waals surface area contributed by atoms with Gasteiger partial charge in [0.05, 0.1) is 10.6 Å². The number of halogens is 2. The van der Waals surface area contributed by atoms with Gasteiger partial charge in [-0.3, -0.25) is 4.79 Å². The number of hydrogen-bond acceptors (Lipinski definition) is 2. The highest BCUT2D eigenvalue weighted by atomic mass is 79.9. The molecule has 1 aromatic rings. The van der Waals surface area contributed by atoms with Crippen LogP contribution in [0.5, 0.6) is 0 Å². The van der Waals surface area contributed by atoms with Crippen LogP contribution in [0.2, 0.25) is 5.02 Å². The summed E-state index contributed by atoms with van der Waals surface area (Å²) in [5, 5.41) is 4.05. The second-order valence-electron chi connectivity index (χ2n) is 5.96. The summed E-state index contributed by atoms with van der Waals surface area (Å²) in [6.45, 7) is 1.87. The Hall–Kier alpha value is -0.580. The van der Waals surface area contributed by atoms with E-state index in [0.717, 1.165) is 36.8 Å². The number of rotatable bonds is 4.